The lowest BCUT2D eigenvalue weighted by Crippen LogP contribution is -2.56. The summed E-state index contributed by atoms with van der Waals surface area (Å²) >= 11 is 0. The summed E-state index contributed by atoms with van der Waals surface area (Å²) in [5, 5.41) is 15.6. The van der Waals surface area contributed by atoms with E-state index in [2.05, 4.69) is 10.6 Å². The molecule has 0 aromatic heterocycles. The molecule has 268 valence electrons. The van der Waals surface area contributed by atoms with Gasteiger partial charge in [-0.05, 0) is 97.1 Å². The van der Waals surface area contributed by atoms with E-state index < -0.39 is 53.2 Å². The topological polar surface area (TPSA) is 134 Å². The number of ether oxygens (including phenoxy) is 2. The Morgan fingerprint density at radius 1 is 0.760 bits per heavy atom. The third-order valence-electron chi connectivity index (χ3n) is 7.94. The summed E-state index contributed by atoms with van der Waals surface area (Å²) < 4.78 is 11.3. The average molecular weight is 686 g/mol. The van der Waals surface area contributed by atoms with E-state index in [1.807, 2.05) is 62.4 Å². The molecule has 3 unspecified atom stereocenters. The first-order chi connectivity index (χ1) is 23.4. The van der Waals surface area contributed by atoms with E-state index in [1.165, 1.54) is 12.1 Å². The van der Waals surface area contributed by atoms with E-state index in [1.54, 1.807) is 58.6 Å². The molecule has 50 heavy (non-hydrogen) atoms. The molecule has 0 bridgehead atoms. The van der Waals surface area contributed by atoms with Crippen LogP contribution in [0.5, 0.6) is 5.75 Å². The Morgan fingerprint density at radius 2 is 1.30 bits per heavy atom. The fraction of sp³-hybridized carbons (Fsp3) is 0.450. The molecule has 0 heterocycles. The van der Waals surface area contributed by atoms with Crippen LogP contribution in [0, 0.1) is 13.8 Å². The van der Waals surface area contributed by atoms with Gasteiger partial charge in [0.15, 0.2) is 0 Å². The number of hydrogen-bond acceptors (Lipinski definition) is 7. The molecule has 0 aliphatic heterocycles. The molecule has 3 aromatic carbocycles. The zero-order chi connectivity index (χ0) is 36.8. The average Bonchev–Trinajstić information content (AvgIpc) is 3.83. The second-order valence-electron chi connectivity index (χ2n) is 15.2. The maximum atomic E-state index is 14.8. The van der Waals surface area contributed by atoms with E-state index in [-0.39, 0.29) is 24.6 Å². The van der Waals surface area contributed by atoms with Crippen molar-refractivity contribution in [3.8, 4) is 5.75 Å². The Balaban J connectivity index is 1.77. The lowest BCUT2D eigenvalue weighted by atomic mass is 9.96. The molecule has 1 fully saturated rings. The van der Waals surface area contributed by atoms with Gasteiger partial charge in [0.2, 0.25) is 11.8 Å². The lowest BCUT2D eigenvalue weighted by molar-refractivity contribution is -0.159. The fourth-order valence-electron chi connectivity index (χ4n) is 5.84. The number of aromatic hydroxyl groups is 1. The van der Waals surface area contributed by atoms with Crippen LogP contribution >= 0.6 is 0 Å². The van der Waals surface area contributed by atoms with E-state index in [9.17, 15) is 24.3 Å². The number of phenolic OH excluding ortho intramolecular Hbond substituents is 1. The first kappa shape index (κ1) is 38.0. The Labute approximate surface area is 295 Å². The molecule has 0 saturated heterocycles. The number of hydrogen-bond donors (Lipinski definition) is 3. The highest BCUT2D eigenvalue weighted by Crippen LogP contribution is 2.37. The van der Waals surface area contributed by atoms with Crippen LogP contribution in [0.25, 0.3) is 0 Å². The molecule has 0 spiro atoms. The van der Waals surface area contributed by atoms with Gasteiger partial charge in [-0.15, -0.1) is 0 Å². The third-order valence-corrected chi connectivity index (χ3v) is 7.94. The summed E-state index contributed by atoms with van der Waals surface area (Å²) in [6.45, 7) is 14.3. The van der Waals surface area contributed by atoms with E-state index in [0.29, 0.717) is 24.0 Å². The van der Waals surface area contributed by atoms with Crippen molar-refractivity contribution in [3.63, 3.8) is 0 Å². The minimum absolute atomic E-state index is 0.0675. The van der Waals surface area contributed by atoms with Gasteiger partial charge in [0.25, 0.3) is 0 Å². The van der Waals surface area contributed by atoms with Gasteiger partial charge in [-0.3, -0.25) is 9.59 Å². The van der Waals surface area contributed by atoms with Gasteiger partial charge in [0.05, 0.1) is 0 Å². The number of amides is 3. The van der Waals surface area contributed by atoms with Crippen molar-refractivity contribution in [3.05, 3.63) is 101 Å². The van der Waals surface area contributed by atoms with E-state index >= 15 is 0 Å². The summed E-state index contributed by atoms with van der Waals surface area (Å²) in [6, 6.07) is 17.9. The zero-order valence-corrected chi connectivity index (χ0v) is 30.4. The number of benzene rings is 3. The van der Waals surface area contributed by atoms with Crippen molar-refractivity contribution in [2.75, 3.05) is 0 Å². The minimum Gasteiger partial charge on any atom is -0.508 e. The molecule has 10 heteroatoms. The van der Waals surface area contributed by atoms with Gasteiger partial charge in [0, 0.05) is 18.9 Å². The van der Waals surface area contributed by atoms with Crippen LogP contribution in [-0.2, 0) is 36.7 Å². The summed E-state index contributed by atoms with van der Waals surface area (Å²) in [7, 11) is 0. The molecular weight excluding hydrogens is 634 g/mol. The molecule has 10 nitrogen and oxygen atoms in total. The van der Waals surface area contributed by atoms with Crippen LogP contribution in [0.2, 0.25) is 0 Å². The van der Waals surface area contributed by atoms with Crippen molar-refractivity contribution in [2.24, 2.45) is 0 Å². The summed E-state index contributed by atoms with van der Waals surface area (Å²) in [5.74, 6) is -1.53. The second kappa shape index (κ2) is 15.8. The molecule has 3 atom stereocenters. The zero-order valence-electron chi connectivity index (χ0n) is 30.4. The predicted octanol–water partition coefficient (Wildman–Crippen LogP) is 6.25. The maximum Gasteiger partial charge on any atom is 0.408 e. The number of esters is 1. The second-order valence-corrected chi connectivity index (χ2v) is 15.2. The number of carbonyl (C=O) groups excluding carboxylic acids is 4. The number of rotatable bonds is 12. The van der Waals surface area contributed by atoms with Crippen LogP contribution in [0.3, 0.4) is 0 Å². The number of nitrogens with zero attached hydrogens (tertiary/aromatic N) is 1. The van der Waals surface area contributed by atoms with E-state index in [4.69, 9.17) is 9.47 Å². The summed E-state index contributed by atoms with van der Waals surface area (Å²) in [5.41, 5.74) is 2.30. The highest BCUT2D eigenvalue weighted by Gasteiger charge is 2.45. The van der Waals surface area contributed by atoms with Crippen LogP contribution in [-0.4, -0.2) is 63.2 Å². The normalized spacial score (nSPS) is 14.9. The van der Waals surface area contributed by atoms with Gasteiger partial charge in [-0.1, -0.05) is 71.8 Å². The van der Waals surface area contributed by atoms with Crippen molar-refractivity contribution in [1.82, 2.24) is 15.5 Å². The van der Waals surface area contributed by atoms with Gasteiger partial charge in [-0.25, -0.2) is 9.59 Å². The van der Waals surface area contributed by atoms with Gasteiger partial charge >= 0.3 is 12.1 Å². The summed E-state index contributed by atoms with van der Waals surface area (Å²) in [6.07, 6.45) is 0.820. The number of alkyl carbamates (subject to hydrolysis) is 1. The first-order valence-electron chi connectivity index (χ1n) is 17.1. The van der Waals surface area contributed by atoms with Crippen molar-refractivity contribution in [2.45, 2.75) is 116 Å². The molecule has 1 aliphatic carbocycles. The number of nitrogens with one attached hydrogen (secondary N) is 2. The molecule has 1 aliphatic rings. The predicted molar refractivity (Wildman–Crippen MR) is 191 cm³/mol. The Hall–Kier alpha value is -4.86. The third kappa shape index (κ3) is 11.4. The smallest absolute Gasteiger partial charge is 0.408 e. The maximum absolute atomic E-state index is 14.8. The lowest BCUT2D eigenvalue weighted by Gasteiger charge is -2.36. The number of phenols is 1. The molecule has 3 amide bonds. The van der Waals surface area contributed by atoms with Crippen LogP contribution in [0.1, 0.15) is 88.2 Å². The molecule has 0 radical (unpaired) electrons. The largest absolute Gasteiger partial charge is 0.508 e. The Kier molecular flexibility index (Phi) is 12.0. The van der Waals surface area contributed by atoms with E-state index in [0.717, 1.165) is 16.7 Å². The van der Waals surface area contributed by atoms with Gasteiger partial charge < -0.3 is 30.1 Å². The van der Waals surface area contributed by atoms with Crippen LogP contribution < -0.4 is 10.6 Å². The monoisotopic (exact) mass is 685 g/mol. The van der Waals surface area contributed by atoms with Crippen molar-refractivity contribution < 1.29 is 33.8 Å². The number of aryl methyl sites for hydroxylation is 2. The Morgan fingerprint density at radius 3 is 1.84 bits per heavy atom. The van der Waals surface area contributed by atoms with Crippen molar-refractivity contribution in [1.29, 1.82) is 0 Å². The fourth-order valence-corrected chi connectivity index (χ4v) is 5.84. The van der Waals surface area contributed by atoms with Crippen LogP contribution in [0.15, 0.2) is 72.8 Å². The van der Waals surface area contributed by atoms with Gasteiger partial charge in [0.1, 0.15) is 35.1 Å². The highest BCUT2D eigenvalue weighted by atomic mass is 16.6. The minimum atomic E-state index is -1.13. The molecule has 3 aromatic rings. The molecule has 4 rings (SSSR count). The molecular formula is C40H51N3O7. The van der Waals surface area contributed by atoms with Crippen LogP contribution in [0.4, 0.5) is 4.79 Å². The molecule has 3 N–H and O–H groups in total. The highest BCUT2D eigenvalue weighted by molar-refractivity contribution is 5.94. The van der Waals surface area contributed by atoms with Crippen molar-refractivity contribution >= 4 is 23.9 Å². The standard InChI is InChI=1S/C40H51N3O7/c1-25-20-26(2)22-29(21-25)34(35(45)41-33(37(47)49-39(3,4)5)24-27-12-10-9-11-13-27)43(30-16-17-30)36(46)32(42-38(48)50-40(6,7)8)23-28-14-18-31(44)19-15-28/h9-15,18-22,30,32-34,44H,16-17,23-24H2,1-8H3,(H,41,45)(H,42,48). The molecule has 1 saturated carbocycles. The summed E-state index contributed by atoms with van der Waals surface area (Å²) in [4.78, 5) is 57.8. The Bertz CT molecular complexity index is 1630. The number of carbonyl (C=O) groups is 4. The SMILES string of the molecule is Cc1cc(C)cc(C(C(=O)NC(Cc2ccccc2)C(=O)OC(C)(C)C)N(C(=O)C(Cc2ccc(O)cc2)NC(=O)OC(C)(C)C)C2CC2)c1. The van der Waals surface area contributed by atoms with Gasteiger partial charge in [-0.2, -0.15) is 0 Å². The quantitative estimate of drug-likeness (QED) is 0.192. The first-order valence-corrected chi connectivity index (χ1v) is 17.1.